The molecule has 9 aromatic carbocycles. The van der Waals surface area contributed by atoms with Crippen molar-refractivity contribution in [3.8, 4) is 22.3 Å². The lowest BCUT2D eigenvalue weighted by atomic mass is 9.79. The van der Waals surface area contributed by atoms with Crippen LogP contribution in [-0.2, 0) is 10.8 Å². The quantitative estimate of drug-likeness (QED) is 0.165. The zero-order valence-corrected chi connectivity index (χ0v) is 35.8. The van der Waals surface area contributed by atoms with Crippen LogP contribution in [0.2, 0.25) is 0 Å². The highest BCUT2D eigenvalue weighted by molar-refractivity contribution is 6.01. The molecule has 2 heteroatoms. The number of anilines is 6. The first-order chi connectivity index (χ1) is 30.3. The number of benzene rings is 9. The molecule has 0 N–H and O–H groups in total. The van der Waals surface area contributed by atoms with Crippen molar-refractivity contribution in [2.45, 2.75) is 51.4 Å². The first kappa shape index (κ1) is 36.7. The number of rotatable bonds is 6. The van der Waals surface area contributed by atoms with Crippen molar-refractivity contribution in [3.63, 3.8) is 0 Å². The summed E-state index contributed by atoms with van der Waals surface area (Å²) in [4.78, 5) is 4.96. The Morgan fingerprint density at radius 1 is 0.355 bits per heavy atom. The van der Waals surface area contributed by atoms with Gasteiger partial charge in [-0.3, -0.25) is 0 Å². The van der Waals surface area contributed by atoms with Crippen LogP contribution in [0.25, 0.3) is 56.0 Å². The third-order valence-corrected chi connectivity index (χ3v) is 14.2. The lowest BCUT2D eigenvalue weighted by molar-refractivity contribution is 0.652. The summed E-state index contributed by atoms with van der Waals surface area (Å²) < 4.78 is 0. The van der Waals surface area contributed by atoms with Crippen LogP contribution in [0.3, 0.4) is 0 Å². The van der Waals surface area contributed by atoms with Gasteiger partial charge in [-0.1, -0.05) is 155 Å². The average Bonchev–Trinajstić information content (AvgIpc) is 3.67. The summed E-state index contributed by atoms with van der Waals surface area (Å²) in [7, 11) is 0. The molecule has 0 aromatic heterocycles. The molecule has 0 fully saturated rings. The van der Waals surface area contributed by atoms with Crippen LogP contribution < -0.4 is 20.2 Å². The van der Waals surface area contributed by atoms with Crippen molar-refractivity contribution >= 4 is 67.8 Å². The number of hydrogen-bond acceptors (Lipinski definition) is 2. The topological polar surface area (TPSA) is 6.48 Å². The predicted molar refractivity (Wildman–Crippen MR) is 263 cm³/mol. The summed E-state index contributed by atoms with van der Waals surface area (Å²) in [6.45, 7) is 9.76. The minimum atomic E-state index is -0.221. The first-order valence-corrected chi connectivity index (χ1v) is 22.2. The molecule has 62 heavy (non-hydrogen) atoms. The van der Waals surface area contributed by atoms with Crippen LogP contribution in [0, 0.1) is 0 Å². The van der Waals surface area contributed by atoms with E-state index in [1.54, 1.807) is 0 Å². The monoisotopic (exact) mass is 796 g/mol. The Morgan fingerprint density at radius 3 is 1.52 bits per heavy atom. The van der Waals surface area contributed by atoms with Gasteiger partial charge in [0, 0.05) is 43.9 Å². The van der Waals surface area contributed by atoms with E-state index in [4.69, 9.17) is 0 Å². The van der Waals surface area contributed by atoms with E-state index in [2.05, 4.69) is 232 Å². The number of fused-ring (bicyclic) bond motifs is 10. The highest BCUT2D eigenvalue weighted by Crippen LogP contribution is 2.57. The van der Waals surface area contributed by atoms with Crippen LogP contribution in [0.5, 0.6) is 0 Å². The molecule has 0 radical (unpaired) electrons. The molecular formula is C60H48N2. The molecule has 0 heterocycles. The van der Waals surface area contributed by atoms with E-state index in [1.165, 1.54) is 105 Å². The molecule has 2 nitrogen and oxygen atoms in total. The van der Waals surface area contributed by atoms with Gasteiger partial charge in [0.2, 0.25) is 0 Å². The normalized spacial score (nSPS) is 14.8. The second-order valence-corrected chi connectivity index (χ2v) is 18.4. The van der Waals surface area contributed by atoms with Gasteiger partial charge in [-0.05, 0) is 140 Å². The van der Waals surface area contributed by atoms with Gasteiger partial charge < -0.3 is 9.80 Å². The minimum absolute atomic E-state index is 0.210. The summed E-state index contributed by atoms with van der Waals surface area (Å²) in [6, 6.07) is 67.6. The van der Waals surface area contributed by atoms with E-state index in [-0.39, 0.29) is 10.8 Å². The van der Waals surface area contributed by atoms with Gasteiger partial charge in [-0.25, -0.2) is 0 Å². The van der Waals surface area contributed by atoms with Gasteiger partial charge in [0.25, 0.3) is 0 Å². The SMILES string of the molecule is CC1(C)c2cc(N(c3ccccc3)c3cccc4ccccc34)ccc2-c2cc3c(cc21)-c1c(cc(N(c2ccccc2)c2cccc4ccccc24)c2c1=CCCC=2)C3(C)C. The van der Waals surface area contributed by atoms with Crippen molar-refractivity contribution < 1.29 is 0 Å². The van der Waals surface area contributed by atoms with Crippen LogP contribution >= 0.6 is 0 Å². The zero-order chi connectivity index (χ0) is 41.7. The fourth-order valence-corrected chi connectivity index (χ4v) is 11.1. The Balaban J connectivity index is 1.04. The largest absolute Gasteiger partial charge is 0.310 e. The second-order valence-electron chi connectivity index (χ2n) is 18.4. The van der Waals surface area contributed by atoms with Crippen molar-refractivity contribution in [2.75, 3.05) is 9.80 Å². The van der Waals surface area contributed by atoms with Crippen molar-refractivity contribution in [1.29, 1.82) is 0 Å². The number of nitrogens with zero attached hydrogens (tertiary/aromatic N) is 2. The smallest absolute Gasteiger partial charge is 0.0540 e. The van der Waals surface area contributed by atoms with Gasteiger partial charge in [-0.15, -0.1) is 0 Å². The third kappa shape index (κ3) is 5.36. The molecule has 298 valence electrons. The van der Waals surface area contributed by atoms with Gasteiger partial charge in [-0.2, -0.15) is 0 Å². The molecule has 0 aliphatic heterocycles. The van der Waals surface area contributed by atoms with Crippen LogP contribution in [0.15, 0.2) is 182 Å². The van der Waals surface area contributed by atoms with Gasteiger partial charge in [0.15, 0.2) is 0 Å². The predicted octanol–water partition coefficient (Wildman–Crippen LogP) is 14.9. The number of para-hydroxylation sites is 2. The zero-order valence-electron chi connectivity index (χ0n) is 35.8. The Kier molecular flexibility index (Phi) is 8.09. The maximum Gasteiger partial charge on any atom is 0.0540 e. The summed E-state index contributed by atoms with van der Waals surface area (Å²) in [5.41, 5.74) is 17.8. The Morgan fingerprint density at radius 2 is 0.855 bits per heavy atom. The summed E-state index contributed by atoms with van der Waals surface area (Å²) in [5.74, 6) is 0. The molecule has 0 amide bonds. The van der Waals surface area contributed by atoms with E-state index in [0.717, 1.165) is 18.5 Å². The fourth-order valence-electron chi connectivity index (χ4n) is 11.1. The van der Waals surface area contributed by atoms with Gasteiger partial charge in [0.05, 0.1) is 17.1 Å². The van der Waals surface area contributed by atoms with Crippen molar-refractivity contribution in [2.24, 2.45) is 0 Å². The standard InChI is InChI=1S/C60H48N2/c1-59(2)51-35-43(61(41-23-7-5-8-24-41)55-31-17-21-39-19-11-13-27-44(39)55)33-34-46(51)49-36-53-50(37-52(49)59)58-48-30-16-15-29-47(48)57(38-54(58)60(53,3)4)62(42-25-9-6-10-26-42)56-32-18-22-40-20-12-14-28-45(40)56/h5-14,17-38H,15-16H2,1-4H3. The molecule has 12 rings (SSSR count). The van der Waals surface area contributed by atoms with E-state index in [0.29, 0.717) is 0 Å². The summed E-state index contributed by atoms with van der Waals surface area (Å²) in [5, 5.41) is 7.68. The molecule has 9 aromatic rings. The van der Waals surface area contributed by atoms with Gasteiger partial charge in [0.1, 0.15) is 0 Å². The highest BCUT2D eigenvalue weighted by atomic mass is 15.1. The molecule has 3 aliphatic rings. The van der Waals surface area contributed by atoms with E-state index in [1.807, 2.05) is 0 Å². The Labute approximate surface area is 364 Å². The second kappa shape index (κ2) is 13.7. The van der Waals surface area contributed by atoms with E-state index in [9.17, 15) is 0 Å². The van der Waals surface area contributed by atoms with Crippen molar-refractivity contribution in [3.05, 3.63) is 215 Å². The molecule has 3 aliphatic carbocycles. The summed E-state index contributed by atoms with van der Waals surface area (Å²) in [6.07, 6.45) is 7.10. The molecular weight excluding hydrogens is 749 g/mol. The average molecular weight is 797 g/mol. The molecule has 0 spiro atoms. The molecule has 0 saturated heterocycles. The maximum absolute atomic E-state index is 2.58. The molecule has 0 atom stereocenters. The highest BCUT2D eigenvalue weighted by Gasteiger charge is 2.43. The molecule has 0 unspecified atom stereocenters. The van der Waals surface area contributed by atoms with Crippen LogP contribution in [0.1, 0.15) is 62.8 Å². The number of hydrogen-bond donors (Lipinski definition) is 0. The van der Waals surface area contributed by atoms with Crippen LogP contribution in [-0.4, -0.2) is 0 Å². The Hall–Kier alpha value is -7.16. The molecule has 0 saturated carbocycles. The fraction of sp³-hybridized carbons (Fsp3) is 0.133. The third-order valence-electron chi connectivity index (χ3n) is 14.2. The van der Waals surface area contributed by atoms with Gasteiger partial charge >= 0.3 is 0 Å². The van der Waals surface area contributed by atoms with E-state index >= 15 is 0 Å². The maximum atomic E-state index is 2.58. The van der Waals surface area contributed by atoms with E-state index < -0.39 is 0 Å². The molecule has 0 bridgehead atoms. The lowest BCUT2D eigenvalue weighted by Gasteiger charge is -2.30. The van der Waals surface area contributed by atoms with Crippen LogP contribution in [0.4, 0.5) is 34.1 Å². The first-order valence-electron chi connectivity index (χ1n) is 22.2. The Bertz CT molecular complexity index is 3400. The summed E-state index contributed by atoms with van der Waals surface area (Å²) >= 11 is 0. The lowest BCUT2D eigenvalue weighted by Crippen LogP contribution is -2.35. The minimum Gasteiger partial charge on any atom is -0.310 e. The van der Waals surface area contributed by atoms with Crippen molar-refractivity contribution in [1.82, 2.24) is 0 Å².